The second-order valence-electron chi connectivity index (χ2n) is 5.77. The monoisotopic (exact) mass is 332 g/mol. The number of aromatic amines is 1. The second-order valence-corrected chi connectivity index (χ2v) is 5.77. The van der Waals surface area contributed by atoms with Crippen LogP contribution in [0.3, 0.4) is 0 Å². The summed E-state index contributed by atoms with van der Waals surface area (Å²) >= 11 is 0. The molecule has 0 aliphatic rings. The average molecular weight is 332 g/mol. The van der Waals surface area contributed by atoms with E-state index in [9.17, 15) is 4.79 Å². The summed E-state index contributed by atoms with van der Waals surface area (Å²) in [6.07, 6.45) is 6.78. The lowest BCUT2D eigenvalue weighted by atomic mass is 10.2. The molecule has 25 heavy (non-hydrogen) atoms. The van der Waals surface area contributed by atoms with E-state index in [4.69, 9.17) is 0 Å². The van der Waals surface area contributed by atoms with Crippen molar-refractivity contribution in [3.8, 4) is 5.82 Å². The van der Waals surface area contributed by atoms with Gasteiger partial charge in [-0.15, -0.1) is 0 Å². The van der Waals surface area contributed by atoms with Crippen LogP contribution in [0.25, 0.3) is 16.9 Å². The minimum Gasteiger partial charge on any atom is -0.343 e. The van der Waals surface area contributed by atoms with Crippen LogP contribution in [-0.4, -0.2) is 30.4 Å². The Bertz CT molecular complexity index is 1050. The van der Waals surface area contributed by atoms with E-state index >= 15 is 0 Å². The van der Waals surface area contributed by atoms with Crippen molar-refractivity contribution in [1.82, 2.24) is 24.5 Å². The zero-order chi connectivity index (χ0) is 17.4. The highest BCUT2D eigenvalue weighted by Gasteiger charge is 2.14. The first-order valence-electron chi connectivity index (χ1n) is 7.84. The van der Waals surface area contributed by atoms with Crippen LogP contribution >= 0.6 is 0 Å². The van der Waals surface area contributed by atoms with Gasteiger partial charge in [-0.05, 0) is 43.7 Å². The number of pyridine rings is 1. The van der Waals surface area contributed by atoms with Crippen LogP contribution in [0.5, 0.6) is 0 Å². The van der Waals surface area contributed by atoms with Crippen LogP contribution in [0.15, 0.2) is 49.2 Å². The molecule has 0 saturated heterocycles. The molecule has 0 unspecified atom stereocenters. The normalized spacial score (nSPS) is 11.0. The summed E-state index contributed by atoms with van der Waals surface area (Å²) in [5.74, 6) is 0.985. The lowest BCUT2D eigenvalue weighted by molar-refractivity contribution is 0.102. The van der Waals surface area contributed by atoms with E-state index < -0.39 is 0 Å². The summed E-state index contributed by atoms with van der Waals surface area (Å²) in [6, 6.07) is 7.38. The van der Waals surface area contributed by atoms with Crippen LogP contribution < -0.4 is 5.32 Å². The van der Waals surface area contributed by atoms with Gasteiger partial charge >= 0.3 is 0 Å². The highest BCUT2D eigenvalue weighted by Crippen LogP contribution is 2.25. The third-order valence-corrected chi connectivity index (χ3v) is 4.20. The molecule has 0 fully saturated rings. The van der Waals surface area contributed by atoms with Gasteiger partial charge in [0.2, 0.25) is 0 Å². The lowest BCUT2D eigenvalue weighted by Gasteiger charge is -2.07. The minimum absolute atomic E-state index is 0.259. The molecule has 0 radical (unpaired) electrons. The first-order chi connectivity index (χ1) is 12.1. The Labute approximate surface area is 143 Å². The van der Waals surface area contributed by atoms with Gasteiger partial charge in [-0.1, -0.05) is 0 Å². The summed E-state index contributed by atoms with van der Waals surface area (Å²) in [5, 5.41) is 3.68. The number of carbonyl (C=O) groups is 1. The summed E-state index contributed by atoms with van der Waals surface area (Å²) in [5.41, 5.74) is 3.20. The SMILES string of the molecule is Cc1[nH]c2ncnc(NC(=O)c3ccc(-n4cccc4)nc3)c2c1C. The van der Waals surface area contributed by atoms with Crippen molar-refractivity contribution >= 4 is 22.8 Å². The summed E-state index contributed by atoms with van der Waals surface area (Å²) in [4.78, 5) is 28.5. The first-order valence-corrected chi connectivity index (χ1v) is 7.84. The maximum Gasteiger partial charge on any atom is 0.258 e. The molecular weight excluding hydrogens is 316 g/mol. The van der Waals surface area contributed by atoms with Gasteiger partial charge in [0.1, 0.15) is 23.6 Å². The number of anilines is 1. The fraction of sp³-hybridized carbons (Fsp3) is 0.111. The number of aryl methyl sites for hydroxylation is 2. The van der Waals surface area contributed by atoms with Crippen molar-refractivity contribution in [2.75, 3.05) is 5.32 Å². The highest BCUT2D eigenvalue weighted by molar-refractivity contribution is 6.07. The maximum atomic E-state index is 12.5. The van der Waals surface area contributed by atoms with Crippen molar-refractivity contribution in [2.24, 2.45) is 0 Å². The molecule has 0 aromatic carbocycles. The van der Waals surface area contributed by atoms with E-state index in [0.29, 0.717) is 17.0 Å². The third-order valence-electron chi connectivity index (χ3n) is 4.20. The molecule has 2 N–H and O–H groups in total. The zero-order valence-corrected chi connectivity index (χ0v) is 13.8. The molecule has 0 saturated carbocycles. The molecule has 0 aliphatic carbocycles. The Hall–Kier alpha value is -3.48. The van der Waals surface area contributed by atoms with Crippen molar-refractivity contribution in [3.05, 3.63) is 66.0 Å². The van der Waals surface area contributed by atoms with Crippen molar-refractivity contribution in [2.45, 2.75) is 13.8 Å². The second kappa shape index (κ2) is 5.86. The Morgan fingerprint density at radius 2 is 1.92 bits per heavy atom. The Kier molecular flexibility index (Phi) is 3.53. The van der Waals surface area contributed by atoms with Gasteiger partial charge in [-0.25, -0.2) is 15.0 Å². The van der Waals surface area contributed by atoms with E-state index in [2.05, 4.69) is 25.3 Å². The summed E-state index contributed by atoms with van der Waals surface area (Å²) in [7, 11) is 0. The molecule has 7 nitrogen and oxygen atoms in total. The molecule has 1 amide bonds. The number of nitrogens with one attached hydrogen (secondary N) is 2. The predicted octanol–water partition coefficient (Wildman–Crippen LogP) is 3.01. The molecule has 0 atom stereocenters. The van der Waals surface area contributed by atoms with Crippen LogP contribution in [0, 0.1) is 13.8 Å². The number of amides is 1. The molecule has 0 spiro atoms. The fourth-order valence-corrected chi connectivity index (χ4v) is 2.73. The Morgan fingerprint density at radius 3 is 2.64 bits per heavy atom. The molecule has 4 aromatic heterocycles. The Balaban J connectivity index is 1.62. The fourth-order valence-electron chi connectivity index (χ4n) is 2.73. The molecule has 4 heterocycles. The minimum atomic E-state index is -0.259. The molecular formula is C18H16N6O. The number of carbonyl (C=O) groups excluding carboxylic acids is 1. The highest BCUT2D eigenvalue weighted by atomic mass is 16.1. The predicted molar refractivity (Wildman–Crippen MR) is 94.9 cm³/mol. The largest absolute Gasteiger partial charge is 0.343 e. The van der Waals surface area contributed by atoms with E-state index in [0.717, 1.165) is 22.5 Å². The van der Waals surface area contributed by atoms with Crippen LogP contribution in [0.4, 0.5) is 5.82 Å². The third kappa shape index (κ3) is 2.65. The quantitative estimate of drug-likeness (QED) is 0.603. The lowest BCUT2D eigenvalue weighted by Crippen LogP contribution is -2.14. The number of fused-ring (bicyclic) bond motifs is 1. The number of rotatable bonds is 3. The summed E-state index contributed by atoms with van der Waals surface area (Å²) in [6.45, 7) is 3.94. The van der Waals surface area contributed by atoms with Gasteiger partial charge in [0.25, 0.3) is 5.91 Å². The van der Waals surface area contributed by atoms with E-state index in [1.54, 1.807) is 18.3 Å². The van der Waals surface area contributed by atoms with Crippen molar-refractivity contribution in [1.29, 1.82) is 0 Å². The number of nitrogens with zero attached hydrogens (tertiary/aromatic N) is 4. The average Bonchev–Trinajstić information content (AvgIpc) is 3.25. The van der Waals surface area contributed by atoms with Crippen molar-refractivity contribution < 1.29 is 4.79 Å². The first kappa shape index (κ1) is 15.1. The van der Waals surface area contributed by atoms with Crippen LogP contribution in [0.1, 0.15) is 21.6 Å². The number of hydrogen-bond donors (Lipinski definition) is 2. The molecule has 4 aromatic rings. The van der Waals surface area contributed by atoms with Gasteiger partial charge in [-0.2, -0.15) is 0 Å². The Morgan fingerprint density at radius 1 is 1.12 bits per heavy atom. The standard InChI is InChI=1S/C18H16N6O/c1-11-12(2)22-16-15(11)17(21-10-20-16)23-18(25)13-5-6-14(19-9-13)24-7-3-4-8-24/h3-10H,1-2H3,(H2,20,21,22,23,25). The van der Waals surface area contributed by atoms with Crippen LogP contribution in [-0.2, 0) is 0 Å². The van der Waals surface area contributed by atoms with Gasteiger partial charge in [0.15, 0.2) is 0 Å². The smallest absolute Gasteiger partial charge is 0.258 e. The number of H-pyrrole nitrogens is 1. The molecule has 4 rings (SSSR count). The molecule has 0 aliphatic heterocycles. The molecule has 7 heteroatoms. The van der Waals surface area contributed by atoms with Gasteiger partial charge in [0.05, 0.1) is 10.9 Å². The maximum absolute atomic E-state index is 12.5. The van der Waals surface area contributed by atoms with Gasteiger partial charge in [-0.3, -0.25) is 4.79 Å². The van der Waals surface area contributed by atoms with Crippen molar-refractivity contribution in [3.63, 3.8) is 0 Å². The topological polar surface area (TPSA) is 88.5 Å². The molecule has 124 valence electrons. The van der Waals surface area contributed by atoms with E-state index in [-0.39, 0.29) is 5.91 Å². The van der Waals surface area contributed by atoms with E-state index in [1.807, 2.05) is 42.9 Å². The van der Waals surface area contributed by atoms with Gasteiger partial charge < -0.3 is 14.9 Å². The number of aromatic nitrogens is 5. The van der Waals surface area contributed by atoms with Crippen LogP contribution in [0.2, 0.25) is 0 Å². The zero-order valence-electron chi connectivity index (χ0n) is 13.8. The van der Waals surface area contributed by atoms with E-state index in [1.165, 1.54) is 6.33 Å². The molecule has 0 bridgehead atoms. The summed E-state index contributed by atoms with van der Waals surface area (Å²) < 4.78 is 1.88. The van der Waals surface area contributed by atoms with Gasteiger partial charge in [0, 0.05) is 24.3 Å². The number of hydrogen-bond acceptors (Lipinski definition) is 4.